The van der Waals surface area contributed by atoms with Crippen LogP contribution in [0.4, 0.5) is 0 Å². The summed E-state index contributed by atoms with van der Waals surface area (Å²) in [4.78, 5) is 24.7. The molecule has 25 heavy (non-hydrogen) atoms. The van der Waals surface area contributed by atoms with Crippen molar-refractivity contribution in [2.45, 2.75) is 26.3 Å². The molecule has 0 bridgehead atoms. The first-order valence-corrected chi connectivity index (χ1v) is 8.39. The van der Waals surface area contributed by atoms with Gasteiger partial charge in [0.2, 0.25) is 0 Å². The van der Waals surface area contributed by atoms with Gasteiger partial charge in [-0.2, -0.15) is 5.10 Å². The van der Waals surface area contributed by atoms with Crippen molar-refractivity contribution in [1.82, 2.24) is 15.5 Å². The van der Waals surface area contributed by atoms with Crippen molar-refractivity contribution in [2.75, 3.05) is 0 Å². The maximum Gasteiger partial charge on any atom is 0.272 e. The fraction of sp³-hybridized carbons (Fsp3) is 0.250. The molecule has 1 heterocycles. The number of fused-ring (bicyclic) bond motifs is 1. The Morgan fingerprint density at radius 1 is 1.04 bits per heavy atom. The van der Waals surface area contributed by atoms with Gasteiger partial charge in [0.05, 0.1) is 11.4 Å². The van der Waals surface area contributed by atoms with Gasteiger partial charge < -0.3 is 5.32 Å². The number of amides is 1. The maximum absolute atomic E-state index is 12.8. The summed E-state index contributed by atoms with van der Waals surface area (Å²) in [6, 6.07) is 16.8. The van der Waals surface area contributed by atoms with Crippen molar-refractivity contribution in [3.8, 4) is 0 Å². The van der Waals surface area contributed by atoms with Crippen molar-refractivity contribution in [2.24, 2.45) is 5.92 Å². The quantitative estimate of drug-likeness (QED) is 0.750. The Morgan fingerprint density at radius 3 is 2.36 bits per heavy atom. The minimum absolute atomic E-state index is 0.110. The van der Waals surface area contributed by atoms with E-state index in [1.54, 1.807) is 24.3 Å². The number of aromatic amines is 1. The van der Waals surface area contributed by atoms with E-state index in [2.05, 4.69) is 29.4 Å². The Hall–Kier alpha value is -2.95. The maximum atomic E-state index is 12.8. The van der Waals surface area contributed by atoms with E-state index < -0.39 is 0 Å². The molecule has 5 heteroatoms. The van der Waals surface area contributed by atoms with Crippen LogP contribution in [0.15, 0.2) is 59.4 Å². The number of carbonyl (C=O) groups is 1. The van der Waals surface area contributed by atoms with Crippen LogP contribution >= 0.6 is 0 Å². The first-order valence-electron chi connectivity index (χ1n) is 8.39. The number of carbonyl (C=O) groups excluding carboxylic acids is 1. The lowest BCUT2D eigenvalue weighted by Crippen LogP contribution is -2.31. The fourth-order valence-corrected chi connectivity index (χ4v) is 2.95. The van der Waals surface area contributed by atoms with Crippen molar-refractivity contribution in [3.63, 3.8) is 0 Å². The molecule has 3 aromatic rings. The van der Waals surface area contributed by atoms with Crippen molar-refractivity contribution in [1.29, 1.82) is 0 Å². The average molecular weight is 335 g/mol. The summed E-state index contributed by atoms with van der Waals surface area (Å²) in [7, 11) is 0. The summed E-state index contributed by atoms with van der Waals surface area (Å²) in [6.07, 6.45) is 0.817. The summed E-state index contributed by atoms with van der Waals surface area (Å²) < 4.78 is 0. The molecule has 0 fully saturated rings. The highest BCUT2D eigenvalue weighted by molar-refractivity contribution is 6.04. The summed E-state index contributed by atoms with van der Waals surface area (Å²) in [5.41, 5.74) is 0.993. The van der Waals surface area contributed by atoms with Gasteiger partial charge in [0.15, 0.2) is 5.69 Å². The summed E-state index contributed by atoms with van der Waals surface area (Å²) in [6.45, 7) is 4.24. The van der Waals surface area contributed by atoms with Crippen LogP contribution in [0.25, 0.3) is 10.8 Å². The summed E-state index contributed by atoms with van der Waals surface area (Å²) in [5.74, 6) is 0.132. The highest BCUT2D eigenvalue weighted by atomic mass is 16.2. The Kier molecular flexibility index (Phi) is 4.93. The molecular weight excluding hydrogens is 314 g/mol. The molecule has 128 valence electrons. The minimum Gasteiger partial charge on any atom is -0.344 e. The van der Waals surface area contributed by atoms with E-state index in [1.165, 1.54) is 0 Å². The smallest absolute Gasteiger partial charge is 0.272 e. The lowest BCUT2D eigenvalue weighted by atomic mass is 9.96. The van der Waals surface area contributed by atoms with Crippen LogP contribution in [0.1, 0.15) is 42.4 Å². The largest absolute Gasteiger partial charge is 0.344 e. The zero-order valence-electron chi connectivity index (χ0n) is 14.3. The van der Waals surface area contributed by atoms with Crippen LogP contribution in [-0.2, 0) is 0 Å². The zero-order chi connectivity index (χ0) is 17.8. The standard InChI is InChI=1S/C20H21N3O2/c1-13(2)12-17(14-8-4-3-5-9-14)21-20(25)18-15-10-6-7-11-16(15)19(24)23-22-18/h3-11,13,17H,12H2,1-2H3,(H,21,25)(H,23,24). The van der Waals surface area contributed by atoms with Gasteiger partial charge in [0, 0.05) is 5.39 Å². The van der Waals surface area contributed by atoms with Gasteiger partial charge in [-0.1, -0.05) is 62.4 Å². The normalized spacial score (nSPS) is 12.3. The number of H-pyrrole nitrogens is 1. The molecule has 3 rings (SSSR count). The van der Waals surface area contributed by atoms with Crippen molar-refractivity contribution >= 4 is 16.7 Å². The average Bonchev–Trinajstić information content (AvgIpc) is 2.62. The zero-order valence-corrected chi connectivity index (χ0v) is 14.3. The topological polar surface area (TPSA) is 74.8 Å². The molecule has 0 aliphatic carbocycles. The third-order valence-corrected chi connectivity index (χ3v) is 4.13. The first-order chi connectivity index (χ1) is 12.1. The highest BCUT2D eigenvalue weighted by Gasteiger charge is 2.20. The molecule has 1 aromatic heterocycles. The van der Waals surface area contributed by atoms with E-state index >= 15 is 0 Å². The molecule has 1 unspecified atom stereocenters. The van der Waals surface area contributed by atoms with E-state index in [0.717, 1.165) is 12.0 Å². The minimum atomic E-state index is -0.297. The molecule has 0 aliphatic heterocycles. The molecule has 1 amide bonds. The summed E-state index contributed by atoms with van der Waals surface area (Å²) in [5, 5.41) is 10.5. The van der Waals surface area contributed by atoms with E-state index in [9.17, 15) is 9.59 Å². The van der Waals surface area contributed by atoms with Crippen LogP contribution in [0.5, 0.6) is 0 Å². The lowest BCUT2D eigenvalue weighted by Gasteiger charge is -2.21. The molecule has 0 saturated heterocycles. The predicted octanol–water partition coefficient (Wildman–Crippen LogP) is 3.44. The molecule has 1 atom stereocenters. The highest BCUT2D eigenvalue weighted by Crippen LogP contribution is 2.22. The first kappa shape index (κ1) is 16.9. The summed E-state index contributed by atoms with van der Waals surface area (Å²) >= 11 is 0. The van der Waals surface area contributed by atoms with Gasteiger partial charge in [-0.3, -0.25) is 9.59 Å². The Labute approximate surface area is 146 Å². The van der Waals surface area contributed by atoms with Crippen LogP contribution in [0, 0.1) is 5.92 Å². The number of benzene rings is 2. The number of hydrogen-bond donors (Lipinski definition) is 2. The van der Waals surface area contributed by atoms with Crippen molar-refractivity contribution in [3.05, 3.63) is 76.2 Å². The molecular formula is C20H21N3O2. The fourth-order valence-electron chi connectivity index (χ4n) is 2.95. The van der Waals surface area contributed by atoms with E-state index in [0.29, 0.717) is 16.7 Å². The molecule has 0 radical (unpaired) electrons. The number of rotatable bonds is 5. The SMILES string of the molecule is CC(C)CC(NC(=O)c1n[nH]c(=O)c2ccccc12)c1ccccc1. The molecule has 0 spiro atoms. The Bertz CT molecular complexity index is 932. The van der Waals surface area contributed by atoms with Crippen LogP contribution in [0.3, 0.4) is 0 Å². The van der Waals surface area contributed by atoms with Gasteiger partial charge in [0.25, 0.3) is 11.5 Å². The van der Waals surface area contributed by atoms with Gasteiger partial charge in [-0.05, 0) is 24.0 Å². The Morgan fingerprint density at radius 2 is 1.68 bits per heavy atom. The van der Waals surface area contributed by atoms with Crippen molar-refractivity contribution < 1.29 is 4.79 Å². The molecule has 0 aliphatic rings. The third-order valence-electron chi connectivity index (χ3n) is 4.13. The lowest BCUT2D eigenvalue weighted by molar-refractivity contribution is 0.0927. The third kappa shape index (κ3) is 3.76. The Balaban J connectivity index is 1.95. The van der Waals surface area contributed by atoms with Gasteiger partial charge in [-0.15, -0.1) is 0 Å². The van der Waals surface area contributed by atoms with Gasteiger partial charge >= 0.3 is 0 Å². The second-order valence-electron chi connectivity index (χ2n) is 6.51. The number of nitrogens with one attached hydrogen (secondary N) is 2. The van der Waals surface area contributed by atoms with E-state index in [4.69, 9.17) is 0 Å². The second-order valence-corrected chi connectivity index (χ2v) is 6.51. The molecule has 2 aromatic carbocycles. The number of hydrogen-bond acceptors (Lipinski definition) is 3. The van der Waals surface area contributed by atoms with E-state index in [-0.39, 0.29) is 23.2 Å². The predicted molar refractivity (Wildman–Crippen MR) is 98.5 cm³/mol. The molecule has 0 saturated carbocycles. The van der Waals surface area contributed by atoms with E-state index in [1.807, 2.05) is 30.3 Å². The van der Waals surface area contributed by atoms with Crippen LogP contribution in [-0.4, -0.2) is 16.1 Å². The van der Waals surface area contributed by atoms with Crippen LogP contribution < -0.4 is 10.9 Å². The molecule has 2 N–H and O–H groups in total. The monoisotopic (exact) mass is 335 g/mol. The second kappa shape index (κ2) is 7.30. The molecule has 5 nitrogen and oxygen atoms in total. The van der Waals surface area contributed by atoms with Crippen LogP contribution in [0.2, 0.25) is 0 Å². The van der Waals surface area contributed by atoms with Gasteiger partial charge in [-0.25, -0.2) is 5.10 Å². The number of aromatic nitrogens is 2. The van der Waals surface area contributed by atoms with Gasteiger partial charge in [0.1, 0.15) is 0 Å². The number of nitrogens with zero attached hydrogens (tertiary/aromatic N) is 1.